The Morgan fingerprint density at radius 2 is 1.79 bits per heavy atom. The molecule has 2 aromatic carbocycles. The van der Waals surface area contributed by atoms with Gasteiger partial charge in [-0.2, -0.15) is 0 Å². The number of hydrogen-bond donors (Lipinski definition) is 0. The van der Waals surface area contributed by atoms with Gasteiger partial charge in [0, 0.05) is 10.9 Å². The molecular weight excluding hydrogens is 304 g/mol. The molecule has 4 nitrogen and oxygen atoms in total. The van der Waals surface area contributed by atoms with Crippen LogP contribution in [0.4, 0.5) is 0 Å². The first kappa shape index (κ1) is 16.1. The highest BCUT2D eigenvalue weighted by molar-refractivity contribution is 5.93. The third-order valence-corrected chi connectivity index (χ3v) is 3.82. The van der Waals surface area contributed by atoms with E-state index in [9.17, 15) is 4.79 Å². The molecule has 0 amide bonds. The lowest BCUT2D eigenvalue weighted by Crippen LogP contribution is -2.16. The molecule has 1 heterocycles. The first-order chi connectivity index (χ1) is 11.4. The van der Waals surface area contributed by atoms with Crippen molar-refractivity contribution in [3.63, 3.8) is 0 Å². The first-order valence-electron chi connectivity index (χ1n) is 7.78. The number of methoxy groups -OCH3 is 1. The van der Waals surface area contributed by atoms with Crippen LogP contribution in [-0.4, -0.2) is 13.1 Å². The zero-order valence-corrected chi connectivity index (χ0v) is 14.3. The Morgan fingerprint density at radius 3 is 2.46 bits per heavy atom. The van der Waals surface area contributed by atoms with Gasteiger partial charge in [0.1, 0.15) is 17.1 Å². The van der Waals surface area contributed by atoms with Crippen molar-refractivity contribution in [3.8, 4) is 11.5 Å². The molecule has 0 bridgehead atoms. The van der Waals surface area contributed by atoms with Crippen molar-refractivity contribution in [2.24, 2.45) is 0 Å². The largest absolute Gasteiger partial charge is 0.497 e. The summed E-state index contributed by atoms with van der Waals surface area (Å²) in [6.07, 6.45) is 0. The Labute approximate surface area is 141 Å². The van der Waals surface area contributed by atoms with E-state index in [1.165, 1.54) is 0 Å². The minimum absolute atomic E-state index is 0.187. The molecule has 0 aliphatic heterocycles. The maximum atomic E-state index is 12.5. The minimum atomic E-state index is -0.512. The van der Waals surface area contributed by atoms with Gasteiger partial charge >= 0.3 is 5.97 Å². The highest BCUT2D eigenvalue weighted by atomic mass is 16.5. The van der Waals surface area contributed by atoms with Gasteiger partial charge in [0.25, 0.3) is 0 Å². The molecule has 124 valence electrons. The van der Waals surface area contributed by atoms with Gasteiger partial charge in [0.2, 0.25) is 5.76 Å². The molecule has 0 aliphatic carbocycles. The van der Waals surface area contributed by atoms with E-state index in [2.05, 4.69) is 20.8 Å². The van der Waals surface area contributed by atoms with Crippen LogP contribution in [0.5, 0.6) is 11.5 Å². The molecule has 3 rings (SSSR count). The van der Waals surface area contributed by atoms with Crippen molar-refractivity contribution in [1.29, 1.82) is 0 Å². The Morgan fingerprint density at radius 1 is 1.04 bits per heavy atom. The molecule has 0 saturated carbocycles. The van der Waals surface area contributed by atoms with Crippen molar-refractivity contribution < 1.29 is 18.7 Å². The van der Waals surface area contributed by atoms with E-state index in [1.807, 2.05) is 30.3 Å². The Kier molecular flexibility index (Phi) is 4.06. The zero-order valence-electron chi connectivity index (χ0n) is 14.3. The molecule has 0 unspecified atom stereocenters. The minimum Gasteiger partial charge on any atom is -0.497 e. The average molecular weight is 324 g/mol. The van der Waals surface area contributed by atoms with Crippen LogP contribution >= 0.6 is 0 Å². The summed E-state index contributed by atoms with van der Waals surface area (Å²) in [6.45, 7) is 6.17. The average Bonchev–Trinajstić information content (AvgIpc) is 2.98. The number of hydrogen-bond acceptors (Lipinski definition) is 4. The van der Waals surface area contributed by atoms with Gasteiger partial charge in [-0.15, -0.1) is 0 Å². The fraction of sp³-hybridized carbons (Fsp3) is 0.250. The van der Waals surface area contributed by atoms with Crippen LogP contribution in [0, 0.1) is 0 Å². The van der Waals surface area contributed by atoms with Gasteiger partial charge in [-0.25, -0.2) is 4.79 Å². The topological polar surface area (TPSA) is 48.7 Å². The van der Waals surface area contributed by atoms with Gasteiger partial charge in [-0.1, -0.05) is 39.0 Å². The van der Waals surface area contributed by atoms with E-state index in [1.54, 1.807) is 25.3 Å². The molecule has 3 aromatic rings. The summed E-state index contributed by atoms with van der Waals surface area (Å²) in [6, 6.07) is 14.6. The second-order valence-electron chi connectivity index (χ2n) is 6.65. The SMILES string of the molecule is COc1ccc(OC(=O)c2cc3ccccc3o2)c(C(C)(C)C)c1. The third-order valence-electron chi connectivity index (χ3n) is 3.82. The van der Waals surface area contributed by atoms with Crippen molar-refractivity contribution in [3.05, 3.63) is 59.9 Å². The molecule has 1 aromatic heterocycles. The third kappa shape index (κ3) is 3.13. The monoisotopic (exact) mass is 324 g/mol. The lowest BCUT2D eigenvalue weighted by molar-refractivity contribution is 0.0701. The predicted molar refractivity (Wildman–Crippen MR) is 92.9 cm³/mol. The second kappa shape index (κ2) is 6.04. The number of benzene rings is 2. The molecule has 0 fully saturated rings. The van der Waals surface area contributed by atoms with Crippen LogP contribution in [0.2, 0.25) is 0 Å². The molecule has 0 spiro atoms. The summed E-state index contributed by atoms with van der Waals surface area (Å²) in [4.78, 5) is 12.5. The molecule has 0 atom stereocenters. The zero-order chi connectivity index (χ0) is 17.3. The summed E-state index contributed by atoms with van der Waals surface area (Å²) in [5, 5.41) is 0.871. The molecule has 4 heteroatoms. The van der Waals surface area contributed by atoms with Crippen molar-refractivity contribution in [1.82, 2.24) is 0 Å². The quantitative estimate of drug-likeness (QED) is 0.505. The van der Waals surface area contributed by atoms with E-state index >= 15 is 0 Å². The van der Waals surface area contributed by atoms with Gasteiger partial charge in [0.15, 0.2) is 0 Å². The Balaban J connectivity index is 1.94. The van der Waals surface area contributed by atoms with E-state index in [-0.39, 0.29) is 11.2 Å². The van der Waals surface area contributed by atoms with Crippen LogP contribution in [0.15, 0.2) is 52.9 Å². The fourth-order valence-corrected chi connectivity index (χ4v) is 2.54. The molecular formula is C20H20O4. The first-order valence-corrected chi connectivity index (χ1v) is 7.78. The smallest absolute Gasteiger partial charge is 0.379 e. The maximum absolute atomic E-state index is 12.5. The highest BCUT2D eigenvalue weighted by Gasteiger charge is 2.23. The van der Waals surface area contributed by atoms with Gasteiger partial charge in [-0.05, 0) is 35.7 Å². The van der Waals surface area contributed by atoms with Crippen molar-refractivity contribution >= 4 is 16.9 Å². The Hall–Kier alpha value is -2.75. The van der Waals surface area contributed by atoms with Crippen molar-refractivity contribution in [2.45, 2.75) is 26.2 Å². The summed E-state index contributed by atoms with van der Waals surface area (Å²) in [5.74, 6) is 0.908. The number of carbonyl (C=O) groups excluding carboxylic acids is 1. The number of furan rings is 1. The van der Waals surface area contributed by atoms with E-state index < -0.39 is 5.97 Å². The lowest BCUT2D eigenvalue weighted by Gasteiger charge is -2.22. The van der Waals surface area contributed by atoms with Gasteiger partial charge in [0.05, 0.1) is 7.11 Å². The lowest BCUT2D eigenvalue weighted by atomic mass is 9.86. The van der Waals surface area contributed by atoms with Gasteiger partial charge < -0.3 is 13.9 Å². The van der Waals surface area contributed by atoms with Crippen LogP contribution < -0.4 is 9.47 Å². The van der Waals surface area contributed by atoms with Crippen LogP contribution in [-0.2, 0) is 5.41 Å². The summed E-state index contributed by atoms with van der Waals surface area (Å²) in [7, 11) is 1.61. The molecule has 0 N–H and O–H groups in total. The second-order valence-corrected chi connectivity index (χ2v) is 6.65. The molecule has 24 heavy (non-hydrogen) atoms. The number of para-hydroxylation sites is 1. The number of fused-ring (bicyclic) bond motifs is 1. The van der Waals surface area contributed by atoms with E-state index in [4.69, 9.17) is 13.9 Å². The molecule has 0 saturated heterocycles. The van der Waals surface area contributed by atoms with Gasteiger partial charge in [-0.3, -0.25) is 0 Å². The van der Waals surface area contributed by atoms with Crippen LogP contribution in [0.25, 0.3) is 11.0 Å². The predicted octanol–water partition coefficient (Wildman–Crippen LogP) is 4.96. The number of esters is 1. The summed E-state index contributed by atoms with van der Waals surface area (Å²) < 4.78 is 16.4. The van der Waals surface area contributed by atoms with Crippen LogP contribution in [0.3, 0.4) is 0 Å². The number of carbonyl (C=O) groups is 1. The van der Waals surface area contributed by atoms with E-state index in [0.29, 0.717) is 11.3 Å². The molecule has 0 aliphatic rings. The Bertz CT molecular complexity index is 851. The normalized spacial score (nSPS) is 11.5. The number of ether oxygens (including phenoxy) is 2. The standard InChI is InChI=1S/C20H20O4/c1-20(2,3)15-12-14(22-4)9-10-17(15)24-19(21)18-11-13-7-5-6-8-16(13)23-18/h5-12H,1-4H3. The summed E-state index contributed by atoms with van der Waals surface area (Å²) in [5.41, 5.74) is 1.36. The van der Waals surface area contributed by atoms with E-state index in [0.717, 1.165) is 16.7 Å². The van der Waals surface area contributed by atoms with Crippen LogP contribution in [0.1, 0.15) is 36.9 Å². The fourth-order valence-electron chi connectivity index (χ4n) is 2.54. The summed E-state index contributed by atoms with van der Waals surface area (Å²) >= 11 is 0. The number of rotatable bonds is 3. The van der Waals surface area contributed by atoms with Crippen molar-refractivity contribution in [2.75, 3.05) is 7.11 Å². The maximum Gasteiger partial charge on any atom is 0.379 e. The molecule has 0 radical (unpaired) electrons. The highest BCUT2D eigenvalue weighted by Crippen LogP contribution is 2.35.